The van der Waals surface area contributed by atoms with Crippen LogP contribution in [0.3, 0.4) is 0 Å². The largest absolute Gasteiger partial charge is 0.401 e. The van der Waals surface area contributed by atoms with E-state index in [0.717, 1.165) is 13.1 Å². The molecule has 0 saturated heterocycles. The van der Waals surface area contributed by atoms with Crippen LogP contribution >= 0.6 is 0 Å². The van der Waals surface area contributed by atoms with Gasteiger partial charge < -0.3 is 10.1 Å². The molecular formula is C11H23F3N2O. The molecule has 0 aromatic rings. The maximum Gasteiger partial charge on any atom is 0.401 e. The lowest BCUT2D eigenvalue weighted by atomic mass is 10.2. The number of ether oxygens (including phenoxy) is 1. The van der Waals surface area contributed by atoms with Crippen LogP contribution in [-0.4, -0.2) is 57.5 Å². The topological polar surface area (TPSA) is 24.5 Å². The third-order valence-electron chi connectivity index (χ3n) is 2.17. The van der Waals surface area contributed by atoms with Gasteiger partial charge in [-0.05, 0) is 5.92 Å². The first-order valence-corrected chi connectivity index (χ1v) is 5.84. The molecule has 0 bridgehead atoms. The molecule has 0 spiro atoms. The molecule has 0 aromatic heterocycles. The standard InChI is InChI=1S/C11H23F3N2O/c1-10(2)8-16(6-7-17-3)5-4-15-9-11(12,13)14/h10,15H,4-9H2,1-3H3. The van der Waals surface area contributed by atoms with Crippen LogP contribution in [0, 0.1) is 5.92 Å². The van der Waals surface area contributed by atoms with E-state index in [4.69, 9.17) is 4.74 Å². The van der Waals surface area contributed by atoms with Crippen LogP contribution in [0.25, 0.3) is 0 Å². The fraction of sp³-hybridized carbons (Fsp3) is 1.00. The van der Waals surface area contributed by atoms with Crippen molar-refractivity contribution in [2.75, 3.05) is 46.4 Å². The maximum atomic E-state index is 11.9. The molecule has 0 radical (unpaired) electrons. The lowest BCUT2D eigenvalue weighted by Gasteiger charge is -2.24. The fourth-order valence-electron chi connectivity index (χ4n) is 1.50. The Morgan fingerprint density at radius 1 is 1.24 bits per heavy atom. The second-order valence-electron chi connectivity index (χ2n) is 4.48. The summed E-state index contributed by atoms with van der Waals surface area (Å²) in [6, 6.07) is 0. The normalized spacial score (nSPS) is 12.7. The van der Waals surface area contributed by atoms with E-state index in [1.165, 1.54) is 0 Å². The van der Waals surface area contributed by atoms with Crippen molar-refractivity contribution in [3.8, 4) is 0 Å². The van der Waals surface area contributed by atoms with Crippen LogP contribution in [0.4, 0.5) is 13.2 Å². The number of nitrogens with one attached hydrogen (secondary N) is 1. The van der Waals surface area contributed by atoms with Gasteiger partial charge in [0, 0.05) is 33.3 Å². The number of methoxy groups -OCH3 is 1. The molecule has 0 aliphatic rings. The Kier molecular flexibility index (Phi) is 8.55. The smallest absolute Gasteiger partial charge is 0.383 e. The molecule has 0 aromatic carbocycles. The van der Waals surface area contributed by atoms with Gasteiger partial charge >= 0.3 is 6.18 Å². The summed E-state index contributed by atoms with van der Waals surface area (Å²) in [7, 11) is 1.62. The number of alkyl halides is 3. The molecule has 0 rings (SSSR count). The molecular weight excluding hydrogens is 233 g/mol. The van der Waals surface area contributed by atoms with E-state index in [-0.39, 0.29) is 0 Å². The Morgan fingerprint density at radius 2 is 1.88 bits per heavy atom. The summed E-state index contributed by atoms with van der Waals surface area (Å²) in [6.45, 7) is 6.43. The first-order valence-electron chi connectivity index (χ1n) is 5.84. The van der Waals surface area contributed by atoms with Crippen LogP contribution in [0.15, 0.2) is 0 Å². The molecule has 0 aliphatic carbocycles. The number of rotatable bonds is 9. The predicted octanol–water partition coefficient (Wildman–Crippen LogP) is 1.74. The minimum Gasteiger partial charge on any atom is -0.383 e. The SMILES string of the molecule is COCCN(CCNCC(F)(F)F)CC(C)C. The third kappa shape index (κ3) is 11.9. The highest BCUT2D eigenvalue weighted by atomic mass is 19.4. The molecule has 0 aliphatic heterocycles. The minimum absolute atomic E-state index is 0.343. The Morgan fingerprint density at radius 3 is 2.35 bits per heavy atom. The highest BCUT2D eigenvalue weighted by Gasteiger charge is 2.26. The van der Waals surface area contributed by atoms with Gasteiger partial charge in [-0.2, -0.15) is 13.2 Å². The highest BCUT2D eigenvalue weighted by molar-refractivity contribution is 4.63. The lowest BCUT2D eigenvalue weighted by Crippen LogP contribution is -2.39. The summed E-state index contributed by atoms with van der Waals surface area (Å²) in [6.07, 6.45) is -4.13. The van der Waals surface area contributed by atoms with Gasteiger partial charge in [0.05, 0.1) is 13.2 Å². The van der Waals surface area contributed by atoms with Crippen LogP contribution < -0.4 is 5.32 Å². The summed E-state index contributed by atoms with van der Waals surface area (Å²) < 4.78 is 40.7. The van der Waals surface area contributed by atoms with E-state index in [1.807, 2.05) is 0 Å². The second-order valence-corrected chi connectivity index (χ2v) is 4.48. The first-order chi connectivity index (χ1) is 7.85. The van der Waals surface area contributed by atoms with Crippen LogP contribution in [-0.2, 0) is 4.74 Å². The third-order valence-corrected chi connectivity index (χ3v) is 2.17. The summed E-state index contributed by atoms with van der Waals surface area (Å²) in [4.78, 5) is 2.11. The van der Waals surface area contributed by atoms with Gasteiger partial charge in [0.2, 0.25) is 0 Å². The van der Waals surface area contributed by atoms with Crippen molar-refractivity contribution in [2.45, 2.75) is 20.0 Å². The molecule has 0 saturated carbocycles. The van der Waals surface area contributed by atoms with Crippen molar-refractivity contribution < 1.29 is 17.9 Å². The molecule has 0 unspecified atom stereocenters. The van der Waals surface area contributed by atoms with Crippen molar-refractivity contribution in [1.29, 1.82) is 0 Å². The van der Waals surface area contributed by atoms with Gasteiger partial charge in [-0.15, -0.1) is 0 Å². The van der Waals surface area contributed by atoms with E-state index in [0.29, 0.717) is 25.6 Å². The van der Waals surface area contributed by atoms with E-state index in [9.17, 15) is 13.2 Å². The van der Waals surface area contributed by atoms with Gasteiger partial charge in [-0.3, -0.25) is 4.90 Å². The Hall–Kier alpha value is -0.330. The lowest BCUT2D eigenvalue weighted by molar-refractivity contribution is -0.124. The molecule has 1 N–H and O–H groups in total. The van der Waals surface area contributed by atoms with Gasteiger partial charge in [0.15, 0.2) is 0 Å². The Balaban J connectivity index is 3.75. The second kappa shape index (κ2) is 8.72. The minimum atomic E-state index is -4.13. The molecule has 6 heteroatoms. The van der Waals surface area contributed by atoms with E-state index in [2.05, 4.69) is 24.1 Å². The highest BCUT2D eigenvalue weighted by Crippen LogP contribution is 2.11. The number of halogens is 3. The van der Waals surface area contributed by atoms with Gasteiger partial charge in [0.1, 0.15) is 0 Å². The number of hydrogen-bond acceptors (Lipinski definition) is 3. The summed E-state index contributed by atoms with van der Waals surface area (Å²) in [5.41, 5.74) is 0. The van der Waals surface area contributed by atoms with Crippen molar-refractivity contribution in [2.24, 2.45) is 5.92 Å². The summed E-state index contributed by atoms with van der Waals surface area (Å²) >= 11 is 0. The monoisotopic (exact) mass is 256 g/mol. The van der Waals surface area contributed by atoms with E-state index < -0.39 is 12.7 Å². The van der Waals surface area contributed by atoms with Crippen LogP contribution in [0.1, 0.15) is 13.8 Å². The zero-order chi connectivity index (χ0) is 13.3. The number of hydrogen-bond donors (Lipinski definition) is 1. The van der Waals surface area contributed by atoms with Crippen molar-refractivity contribution >= 4 is 0 Å². The fourth-order valence-corrected chi connectivity index (χ4v) is 1.50. The van der Waals surface area contributed by atoms with Gasteiger partial charge in [-0.25, -0.2) is 0 Å². The quantitative estimate of drug-likeness (QED) is 0.636. The zero-order valence-electron chi connectivity index (χ0n) is 10.8. The van der Waals surface area contributed by atoms with Crippen molar-refractivity contribution in [3.63, 3.8) is 0 Å². The number of nitrogens with zero attached hydrogens (tertiary/aromatic N) is 1. The molecule has 0 amide bonds. The van der Waals surface area contributed by atoms with Gasteiger partial charge in [-0.1, -0.05) is 13.8 Å². The average Bonchev–Trinajstić information content (AvgIpc) is 2.18. The Labute approximate surface area is 101 Å². The van der Waals surface area contributed by atoms with E-state index >= 15 is 0 Å². The Bertz CT molecular complexity index is 186. The molecule has 3 nitrogen and oxygen atoms in total. The molecule has 0 fully saturated rings. The molecule has 17 heavy (non-hydrogen) atoms. The van der Waals surface area contributed by atoms with Crippen molar-refractivity contribution in [1.82, 2.24) is 10.2 Å². The average molecular weight is 256 g/mol. The summed E-state index contributed by atoms with van der Waals surface area (Å²) in [5, 5.41) is 2.40. The molecule has 104 valence electrons. The first kappa shape index (κ1) is 16.7. The zero-order valence-corrected chi connectivity index (χ0v) is 10.8. The van der Waals surface area contributed by atoms with Crippen LogP contribution in [0.2, 0.25) is 0 Å². The van der Waals surface area contributed by atoms with Gasteiger partial charge in [0.25, 0.3) is 0 Å². The maximum absolute atomic E-state index is 11.9. The van der Waals surface area contributed by atoms with E-state index in [1.54, 1.807) is 7.11 Å². The molecule has 0 heterocycles. The molecule has 0 atom stereocenters. The van der Waals surface area contributed by atoms with Crippen LogP contribution in [0.5, 0.6) is 0 Å². The van der Waals surface area contributed by atoms with Crippen molar-refractivity contribution in [3.05, 3.63) is 0 Å². The predicted molar refractivity (Wildman–Crippen MR) is 62.1 cm³/mol. The summed E-state index contributed by atoms with van der Waals surface area (Å²) in [5.74, 6) is 0.495.